The van der Waals surface area contributed by atoms with Crippen LogP contribution >= 0.6 is 7.60 Å². The van der Waals surface area contributed by atoms with Crippen molar-refractivity contribution in [3.05, 3.63) is 16.6 Å². The van der Waals surface area contributed by atoms with E-state index < -0.39 is 21.5 Å². The van der Waals surface area contributed by atoms with Gasteiger partial charge in [0, 0.05) is 0 Å². The lowest BCUT2D eigenvalue weighted by Crippen LogP contribution is -2.37. The van der Waals surface area contributed by atoms with E-state index in [4.69, 9.17) is 13.5 Å². The summed E-state index contributed by atoms with van der Waals surface area (Å²) in [6.45, 7) is 14.5. The second kappa shape index (κ2) is 10.1. The Balaban J connectivity index is 3.36. The quantitative estimate of drug-likeness (QED) is 0.220. The highest BCUT2D eigenvalue weighted by Crippen LogP contribution is 2.55. The first-order valence-corrected chi connectivity index (χ1v) is 14.6. The molecule has 4 nitrogen and oxygen atoms in total. The van der Waals surface area contributed by atoms with Crippen LogP contribution in [0.2, 0.25) is 19.6 Å². The Hall–Kier alpha value is -0.593. The van der Waals surface area contributed by atoms with Gasteiger partial charge in [0.15, 0.2) is 13.6 Å². The number of hydrogen-bond acceptors (Lipinski definition) is 4. The van der Waals surface area contributed by atoms with E-state index in [0.717, 1.165) is 31.3 Å². The molecule has 0 heterocycles. The molecule has 1 fully saturated rings. The number of allylic oxidation sites excluding steroid dienone is 1. The Bertz CT molecular complexity index is 625. The molecule has 0 atom stereocenters. The molecule has 0 N–H and O–H groups in total. The van der Waals surface area contributed by atoms with E-state index in [2.05, 4.69) is 37.2 Å². The van der Waals surface area contributed by atoms with E-state index in [-0.39, 0.29) is 0 Å². The summed E-state index contributed by atoms with van der Waals surface area (Å²) in [5.41, 5.74) is 3.83. The van der Waals surface area contributed by atoms with Crippen molar-refractivity contribution in [2.24, 2.45) is 0 Å². The van der Waals surface area contributed by atoms with E-state index in [1.165, 1.54) is 6.42 Å². The molecule has 0 aromatic rings. The van der Waals surface area contributed by atoms with Gasteiger partial charge in [0.1, 0.15) is 5.60 Å². The van der Waals surface area contributed by atoms with E-state index in [1.54, 1.807) is 0 Å². The van der Waals surface area contributed by atoms with E-state index in [0.29, 0.717) is 18.5 Å². The monoisotopic (exact) mass is 398 g/mol. The lowest BCUT2D eigenvalue weighted by atomic mass is 9.96. The highest BCUT2D eigenvalue weighted by molar-refractivity contribution is 7.58. The zero-order valence-corrected chi connectivity index (χ0v) is 19.4. The minimum absolute atomic E-state index is 0.300. The fraction of sp³-hybridized carbons (Fsp3) is 0.750. The fourth-order valence-electron chi connectivity index (χ4n) is 2.95. The molecule has 0 spiro atoms. The largest absolute Gasteiger partial charge is 0.402 e. The van der Waals surface area contributed by atoms with Crippen molar-refractivity contribution >= 4 is 15.9 Å². The van der Waals surface area contributed by atoms with Gasteiger partial charge in [0.05, 0.1) is 13.2 Å². The molecular formula is C20H35O4PSi. The van der Waals surface area contributed by atoms with Crippen LogP contribution in [0.1, 0.15) is 59.8 Å². The molecule has 0 radical (unpaired) electrons. The standard InChI is InChI=1S/C20H35O4PSi/c1-8-22-25(21,23-9-2)19(17-18-13-11-10-12-14-18)15-16-20(3,4)24-26(5,6)7/h8-14H2,1-7H3. The summed E-state index contributed by atoms with van der Waals surface area (Å²) in [5.74, 6) is 6.20. The highest BCUT2D eigenvalue weighted by Gasteiger charge is 2.30. The van der Waals surface area contributed by atoms with Gasteiger partial charge in [-0.3, -0.25) is 4.57 Å². The topological polar surface area (TPSA) is 44.8 Å². The lowest BCUT2D eigenvalue weighted by molar-refractivity contribution is 0.164. The second-order valence-corrected chi connectivity index (χ2v) is 14.3. The Kier molecular flexibility index (Phi) is 9.10. The van der Waals surface area contributed by atoms with Gasteiger partial charge in [0.25, 0.3) is 0 Å². The Labute approximate surface area is 161 Å². The van der Waals surface area contributed by atoms with Gasteiger partial charge in [0.2, 0.25) is 0 Å². The molecule has 0 bridgehead atoms. The predicted octanol–water partition coefficient (Wildman–Crippen LogP) is 6.26. The van der Waals surface area contributed by atoms with Gasteiger partial charge in [-0.15, -0.1) is 0 Å². The van der Waals surface area contributed by atoms with Crippen molar-refractivity contribution in [3.8, 4) is 11.8 Å². The lowest BCUT2D eigenvalue weighted by Gasteiger charge is -2.28. The van der Waals surface area contributed by atoms with Crippen molar-refractivity contribution in [2.75, 3.05) is 13.2 Å². The molecule has 148 valence electrons. The molecule has 0 aromatic heterocycles. The first kappa shape index (κ1) is 23.4. The first-order chi connectivity index (χ1) is 12.0. The van der Waals surface area contributed by atoms with Crippen LogP contribution in [0, 0.1) is 11.8 Å². The maximum atomic E-state index is 13.3. The SMILES string of the molecule is CCOP(=O)(OCC)C(=C=C1CCCCC1)C#CC(C)(C)O[Si](C)(C)C. The normalized spacial score (nSPS) is 15.9. The zero-order chi connectivity index (χ0) is 19.8. The molecule has 1 aliphatic rings. The van der Waals surface area contributed by atoms with Crippen LogP contribution in [-0.4, -0.2) is 27.1 Å². The minimum Gasteiger partial charge on any atom is -0.402 e. The van der Waals surface area contributed by atoms with Crippen LogP contribution in [0.25, 0.3) is 0 Å². The van der Waals surface area contributed by atoms with Gasteiger partial charge in [-0.2, -0.15) is 0 Å². The van der Waals surface area contributed by atoms with Crippen molar-refractivity contribution in [3.63, 3.8) is 0 Å². The molecule has 1 aliphatic carbocycles. The maximum absolute atomic E-state index is 13.3. The molecule has 0 aromatic carbocycles. The average Bonchev–Trinajstić information content (AvgIpc) is 2.50. The molecule has 26 heavy (non-hydrogen) atoms. The van der Waals surface area contributed by atoms with Gasteiger partial charge in [-0.1, -0.05) is 18.1 Å². The fourth-order valence-corrected chi connectivity index (χ4v) is 6.03. The highest BCUT2D eigenvalue weighted by atomic mass is 31.2. The summed E-state index contributed by atoms with van der Waals surface area (Å²) in [5, 5.41) is 0.338. The molecule has 0 saturated heterocycles. The molecule has 0 unspecified atom stereocenters. The van der Waals surface area contributed by atoms with Gasteiger partial charge in [-0.25, -0.2) is 0 Å². The Morgan fingerprint density at radius 2 is 1.62 bits per heavy atom. The van der Waals surface area contributed by atoms with Crippen LogP contribution in [0.3, 0.4) is 0 Å². The van der Waals surface area contributed by atoms with E-state index in [9.17, 15) is 4.57 Å². The van der Waals surface area contributed by atoms with Crippen molar-refractivity contribution < 1.29 is 18.0 Å². The van der Waals surface area contributed by atoms with E-state index >= 15 is 0 Å². The minimum atomic E-state index is -3.47. The van der Waals surface area contributed by atoms with Crippen LogP contribution in [0.15, 0.2) is 16.6 Å². The summed E-state index contributed by atoms with van der Waals surface area (Å²) in [4.78, 5) is 0. The molecule has 1 rings (SSSR count). The van der Waals surface area contributed by atoms with Crippen LogP contribution < -0.4 is 0 Å². The number of hydrogen-bond donors (Lipinski definition) is 0. The second-order valence-electron chi connectivity index (χ2n) is 7.95. The van der Waals surface area contributed by atoms with E-state index in [1.807, 2.05) is 27.7 Å². The number of rotatable bonds is 7. The molecule has 6 heteroatoms. The zero-order valence-electron chi connectivity index (χ0n) is 17.5. The first-order valence-electron chi connectivity index (χ1n) is 9.63. The third-order valence-corrected chi connectivity index (χ3v) is 6.76. The third kappa shape index (κ3) is 8.40. The van der Waals surface area contributed by atoms with Crippen molar-refractivity contribution in [1.29, 1.82) is 0 Å². The van der Waals surface area contributed by atoms with Crippen LogP contribution in [0.4, 0.5) is 0 Å². The molecule has 0 aliphatic heterocycles. The predicted molar refractivity (Wildman–Crippen MR) is 111 cm³/mol. The molecule has 0 amide bonds. The van der Waals surface area contributed by atoms with Crippen LogP contribution in [-0.2, 0) is 18.0 Å². The molecular weight excluding hydrogens is 363 g/mol. The van der Waals surface area contributed by atoms with Gasteiger partial charge < -0.3 is 13.5 Å². The maximum Gasteiger partial charge on any atom is 0.377 e. The van der Waals surface area contributed by atoms with Crippen molar-refractivity contribution in [1.82, 2.24) is 0 Å². The summed E-state index contributed by atoms with van der Waals surface area (Å²) < 4.78 is 30.5. The van der Waals surface area contributed by atoms with Gasteiger partial charge >= 0.3 is 7.60 Å². The average molecular weight is 399 g/mol. The summed E-state index contributed by atoms with van der Waals surface area (Å²) in [6.07, 6.45) is 5.45. The summed E-state index contributed by atoms with van der Waals surface area (Å²) in [7, 11) is -5.22. The van der Waals surface area contributed by atoms with Crippen molar-refractivity contribution in [2.45, 2.75) is 85.0 Å². The summed E-state index contributed by atoms with van der Waals surface area (Å²) >= 11 is 0. The summed E-state index contributed by atoms with van der Waals surface area (Å²) in [6, 6.07) is 0. The van der Waals surface area contributed by atoms with Gasteiger partial charge in [-0.05, 0) is 84.5 Å². The van der Waals surface area contributed by atoms with Crippen LogP contribution in [0.5, 0.6) is 0 Å². The Morgan fingerprint density at radius 1 is 1.08 bits per heavy atom. The molecule has 1 saturated carbocycles. The third-order valence-electron chi connectivity index (χ3n) is 3.67. The smallest absolute Gasteiger partial charge is 0.377 e. The Morgan fingerprint density at radius 3 is 2.08 bits per heavy atom.